The number of ether oxygens (including phenoxy) is 1. The smallest absolute Gasteiger partial charge is 0.120 e. The Bertz CT molecular complexity index is 540. The number of aliphatic hydroxyl groups is 1. The van der Waals surface area contributed by atoms with Crippen molar-refractivity contribution >= 4 is 0 Å². The fourth-order valence-electron chi connectivity index (χ4n) is 2.02. The highest BCUT2D eigenvalue weighted by molar-refractivity contribution is 5.30. The summed E-state index contributed by atoms with van der Waals surface area (Å²) in [5.74, 6) is 0.778. The highest BCUT2D eigenvalue weighted by atomic mass is 16.5. The number of aliphatic hydroxyl groups excluding tert-OH is 1. The SMILES string of the molecule is CC(C)NCC(O)c1cccc(OCc2ccccc2)c1. The first kappa shape index (κ1) is 15.5. The first-order chi connectivity index (χ1) is 10.1. The van der Waals surface area contributed by atoms with E-state index in [-0.39, 0.29) is 0 Å². The van der Waals surface area contributed by atoms with E-state index >= 15 is 0 Å². The number of nitrogens with one attached hydrogen (secondary N) is 1. The Labute approximate surface area is 126 Å². The van der Waals surface area contributed by atoms with Gasteiger partial charge in [0, 0.05) is 12.6 Å². The first-order valence-corrected chi connectivity index (χ1v) is 7.33. The van der Waals surface area contributed by atoms with E-state index < -0.39 is 6.10 Å². The molecule has 0 heterocycles. The van der Waals surface area contributed by atoms with Gasteiger partial charge in [-0.1, -0.05) is 56.3 Å². The second kappa shape index (κ2) is 7.81. The van der Waals surface area contributed by atoms with Gasteiger partial charge in [-0.25, -0.2) is 0 Å². The van der Waals surface area contributed by atoms with Crippen LogP contribution in [0.25, 0.3) is 0 Å². The van der Waals surface area contributed by atoms with Gasteiger partial charge in [-0.2, -0.15) is 0 Å². The maximum atomic E-state index is 10.2. The van der Waals surface area contributed by atoms with Crippen LogP contribution in [0, 0.1) is 0 Å². The van der Waals surface area contributed by atoms with Gasteiger partial charge in [-0.3, -0.25) is 0 Å². The highest BCUT2D eigenvalue weighted by Gasteiger charge is 2.09. The Morgan fingerprint density at radius 3 is 2.52 bits per heavy atom. The van der Waals surface area contributed by atoms with Gasteiger partial charge in [0.25, 0.3) is 0 Å². The van der Waals surface area contributed by atoms with E-state index in [1.54, 1.807) is 0 Å². The molecule has 0 aromatic heterocycles. The summed E-state index contributed by atoms with van der Waals surface area (Å²) in [6.07, 6.45) is -0.521. The minimum Gasteiger partial charge on any atom is -0.489 e. The quantitative estimate of drug-likeness (QED) is 0.820. The van der Waals surface area contributed by atoms with Gasteiger partial charge < -0.3 is 15.2 Å². The normalized spacial score (nSPS) is 12.4. The minimum atomic E-state index is -0.521. The van der Waals surface area contributed by atoms with E-state index in [2.05, 4.69) is 19.2 Å². The molecule has 21 heavy (non-hydrogen) atoms. The molecule has 0 amide bonds. The molecular weight excluding hydrogens is 262 g/mol. The Morgan fingerprint density at radius 1 is 1.05 bits per heavy atom. The lowest BCUT2D eigenvalue weighted by Crippen LogP contribution is -2.27. The van der Waals surface area contributed by atoms with Crippen molar-refractivity contribution in [2.75, 3.05) is 6.54 Å². The molecule has 0 saturated carbocycles. The summed E-state index contributed by atoms with van der Waals surface area (Å²) in [6.45, 7) is 5.20. The second-order valence-electron chi connectivity index (χ2n) is 5.43. The Hall–Kier alpha value is -1.84. The molecule has 3 nitrogen and oxygen atoms in total. The summed E-state index contributed by atoms with van der Waals surface area (Å²) in [5, 5.41) is 13.4. The third-order valence-electron chi connectivity index (χ3n) is 3.21. The van der Waals surface area contributed by atoms with E-state index in [4.69, 9.17) is 4.74 Å². The molecule has 0 aliphatic rings. The van der Waals surface area contributed by atoms with Gasteiger partial charge in [0.1, 0.15) is 12.4 Å². The first-order valence-electron chi connectivity index (χ1n) is 7.33. The van der Waals surface area contributed by atoms with Crippen LogP contribution in [0.15, 0.2) is 54.6 Å². The molecule has 2 rings (SSSR count). The fourth-order valence-corrected chi connectivity index (χ4v) is 2.02. The molecule has 0 radical (unpaired) electrons. The van der Waals surface area contributed by atoms with Crippen LogP contribution < -0.4 is 10.1 Å². The van der Waals surface area contributed by atoms with Crippen LogP contribution in [0.2, 0.25) is 0 Å². The van der Waals surface area contributed by atoms with Gasteiger partial charge in [0.2, 0.25) is 0 Å². The summed E-state index contributed by atoms with van der Waals surface area (Å²) in [7, 11) is 0. The molecule has 3 heteroatoms. The van der Waals surface area contributed by atoms with Crippen LogP contribution in [0.3, 0.4) is 0 Å². The molecule has 0 aliphatic heterocycles. The van der Waals surface area contributed by atoms with Crippen LogP contribution in [-0.2, 0) is 6.61 Å². The Morgan fingerprint density at radius 2 is 1.81 bits per heavy atom. The number of rotatable bonds is 7. The van der Waals surface area contributed by atoms with Crippen LogP contribution in [-0.4, -0.2) is 17.7 Å². The maximum Gasteiger partial charge on any atom is 0.120 e. The van der Waals surface area contributed by atoms with Crippen molar-refractivity contribution in [1.82, 2.24) is 5.32 Å². The minimum absolute atomic E-state index is 0.358. The molecular formula is C18H23NO2. The summed E-state index contributed by atoms with van der Waals surface area (Å²) in [5.41, 5.74) is 2.00. The maximum absolute atomic E-state index is 10.2. The van der Waals surface area contributed by atoms with Crippen molar-refractivity contribution < 1.29 is 9.84 Å². The topological polar surface area (TPSA) is 41.5 Å². The number of hydrogen-bond donors (Lipinski definition) is 2. The molecule has 0 aliphatic carbocycles. The zero-order valence-electron chi connectivity index (χ0n) is 12.6. The monoisotopic (exact) mass is 285 g/mol. The molecule has 1 unspecified atom stereocenters. The lowest BCUT2D eigenvalue weighted by Gasteiger charge is -2.15. The molecule has 0 saturated heterocycles. The van der Waals surface area contributed by atoms with Gasteiger partial charge in [-0.15, -0.1) is 0 Å². The molecule has 112 valence electrons. The van der Waals surface area contributed by atoms with Gasteiger partial charge in [-0.05, 0) is 23.3 Å². The third kappa shape index (κ3) is 5.21. The van der Waals surface area contributed by atoms with Crippen molar-refractivity contribution in [3.8, 4) is 5.75 Å². The summed E-state index contributed by atoms with van der Waals surface area (Å²) >= 11 is 0. The lowest BCUT2D eigenvalue weighted by molar-refractivity contribution is 0.171. The lowest BCUT2D eigenvalue weighted by atomic mass is 10.1. The van der Waals surface area contributed by atoms with Crippen LogP contribution in [0.4, 0.5) is 0 Å². The molecule has 2 aromatic rings. The Kier molecular flexibility index (Phi) is 5.78. The second-order valence-corrected chi connectivity index (χ2v) is 5.43. The van der Waals surface area contributed by atoms with Gasteiger partial charge in [0.05, 0.1) is 6.10 Å². The van der Waals surface area contributed by atoms with Crippen LogP contribution in [0.5, 0.6) is 5.75 Å². The van der Waals surface area contributed by atoms with E-state index in [9.17, 15) is 5.11 Å². The standard InChI is InChI=1S/C18H23NO2/c1-14(2)19-12-18(20)16-9-6-10-17(11-16)21-13-15-7-4-3-5-8-15/h3-11,14,18-20H,12-13H2,1-2H3. The summed E-state index contributed by atoms with van der Waals surface area (Å²) in [6, 6.07) is 18.0. The van der Waals surface area contributed by atoms with E-state index in [1.807, 2.05) is 54.6 Å². The van der Waals surface area contributed by atoms with Crippen molar-refractivity contribution in [2.45, 2.75) is 32.6 Å². The zero-order valence-corrected chi connectivity index (χ0v) is 12.6. The predicted molar refractivity (Wildman–Crippen MR) is 85.3 cm³/mol. The molecule has 0 bridgehead atoms. The molecule has 2 N–H and O–H groups in total. The number of benzene rings is 2. The van der Waals surface area contributed by atoms with Crippen molar-refractivity contribution in [1.29, 1.82) is 0 Å². The van der Waals surface area contributed by atoms with Crippen LogP contribution >= 0.6 is 0 Å². The van der Waals surface area contributed by atoms with Crippen LogP contribution in [0.1, 0.15) is 31.1 Å². The molecule has 1 atom stereocenters. The summed E-state index contributed by atoms with van der Waals surface area (Å²) < 4.78 is 5.78. The average Bonchev–Trinajstić information content (AvgIpc) is 2.52. The molecule has 0 spiro atoms. The zero-order chi connectivity index (χ0) is 15.1. The van der Waals surface area contributed by atoms with E-state index in [1.165, 1.54) is 0 Å². The van der Waals surface area contributed by atoms with Crippen molar-refractivity contribution in [2.24, 2.45) is 0 Å². The van der Waals surface area contributed by atoms with Gasteiger partial charge in [0.15, 0.2) is 0 Å². The molecule has 0 fully saturated rings. The van der Waals surface area contributed by atoms with E-state index in [0.29, 0.717) is 19.2 Å². The van der Waals surface area contributed by atoms with E-state index in [0.717, 1.165) is 16.9 Å². The average molecular weight is 285 g/mol. The van der Waals surface area contributed by atoms with Gasteiger partial charge >= 0.3 is 0 Å². The fraction of sp³-hybridized carbons (Fsp3) is 0.333. The third-order valence-corrected chi connectivity index (χ3v) is 3.21. The number of hydrogen-bond acceptors (Lipinski definition) is 3. The molecule has 2 aromatic carbocycles. The predicted octanol–water partition coefficient (Wildman–Crippen LogP) is 3.30. The largest absolute Gasteiger partial charge is 0.489 e. The summed E-state index contributed by atoms with van der Waals surface area (Å²) in [4.78, 5) is 0. The Balaban J connectivity index is 1.94. The van der Waals surface area contributed by atoms with Crippen molar-refractivity contribution in [3.63, 3.8) is 0 Å². The highest BCUT2D eigenvalue weighted by Crippen LogP contribution is 2.20. The van der Waals surface area contributed by atoms with Crippen molar-refractivity contribution in [3.05, 3.63) is 65.7 Å².